The van der Waals surface area contributed by atoms with Crippen LogP contribution in [0.2, 0.25) is 0 Å². The zero-order valence-corrected chi connectivity index (χ0v) is 14.2. The molecule has 0 bridgehead atoms. The second kappa shape index (κ2) is 6.34. The first-order chi connectivity index (χ1) is 12.6. The highest BCUT2D eigenvalue weighted by Gasteiger charge is 2.45. The lowest BCUT2D eigenvalue weighted by atomic mass is 10.0. The van der Waals surface area contributed by atoms with E-state index in [0.717, 1.165) is 4.90 Å². The van der Waals surface area contributed by atoms with Gasteiger partial charge in [0.25, 0.3) is 11.8 Å². The SMILES string of the molecule is O=C1CCC(N2C(=O)c3cccc(Sc4ncccn4)c3C2=O)C(=O)N1. The van der Waals surface area contributed by atoms with Crippen LogP contribution in [0.15, 0.2) is 46.7 Å². The molecular weight excluding hydrogens is 356 g/mol. The second-order valence-electron chi connectivity index (χ2n) is 5.76. The Labute approximate surface area is 152 Å². The van der Waals surface area contributed by atoms with Crippen LogP contribution >= 0.6 is 11.8 Å². The number of amides is 4. The molecule has 0 spiro atoms. The maximum absolute atomic E-state index is 12.9. The predicted molar refractivity (Wildman–Crippen MR) is 89.3 cm³/mol. The van der Waals surface area contributed by atoms with Crippen molar-refractivity contribution < 1.29 is 19.2 Å². The number of benzene rings is 1. The Hall–Kier alpha value is -3.07. The summed E-state index contributed by atoms with van der Waals surface area (Å²) in [6.45, 7) is 0. The van der Waals surface area contributed by atoms with E-state index in [2.05, 4.69) is 15.3 Å². The van der Waals surface area contributed by atoms with Gasteiger partial charge in [-0.05, 0) is 36.4 Å². The molecule has 1 atom stereocenters. The summed E-state index contributed by atoms with van der Waals surface area (Å²) in [5, 5.41) is 2.62. The molecule has 1 N–H and O–H groups in total. The lowest BCUT2D eigenvalue weighted by molar-refractivity contribution is -0.136. The molecule has 1 unspecified atom stereocenters. The van der Waals surface area contributed by atoms with E-state index < -0.39 is 29.7 Å². The van der Waals surface area contributed by atoms with Gasteiger partial charge in [-0.1, -0.05) is 6.07 Å². The lowest BCUT2D eigenvalue weighted by Gasteiger charge is -2.27. The second-order valence-corrected chi connectivity index (χ2v) is 6.77. The number of nitrogens with one attached hydrogen (secondary N) is 1. The summed E-state index contributed by atoms with van der Waals surface area (Å²) in [6.07, 6.45) is 3.38. The molecule has 0 saturated carbocycles. The highest BCUT2D eigenvalue weighted by atomic mass is 32.2. The molecule has 9 heteroatoms. The van der Waals surface area contributed by atoms with Gasteiger partial charge in [-0.2, -0.15) is 0 Å². The third-order valence-electron chi connectivity index (χ3n) is 4.17. The van der Waals surface area contributed by atoms with E-state index in [1.54, 1.807) is 36.7 Å². The lowest BCUT2D eigenvalue weighted by Crippen LogP contribution is -2.54. The Morgan fingerprint density at radius 3 is 2.54 bits per heavy atom. The Morgan fingerprint density at radius 2 is 1.81 bits per heavy atom. The van der Waals surface area contributed by atoms with Crippen LogP contribution < -0.4 is 5.32 Å². The summed E-state index contributed by atoms with van der Waals surface area (Å²) in [5.74, 6) is -2.11. The standard InChI is InChI=1S/C17H12N4O4S/c22-12-6-5-10(14(23)20-12)21-15(24)9-3-1-4-11(13(9)16(21)25)26-17-18-7-2-8-19-17/h1-4,7-8,10H,5-6H2,(H,20,22,23). The molecule has 8 nitrogen and oxygen atoms in total. The van der Waals surface area contributed by atoms with Crippen LogP contribution in [0.1, 0.15) is 33.6 Å². The van der Waals surface area contributed by atoms with Crippen molar-refractivity contribution in [3.05, 3.63) is 47.8 Å². The molecule has 2 aliphatic rings. The highest BCUT2D eigenvalue weighted by molar-refractivity contribution is 7.99. The van der Waals surface area contributed by atoms with Crippen molar-refractivity contribution in [2.24, 2.45) is 0 Å². The summed E-state index contributed by atoms with van der Waals surface area (Å²) in [7, 11) is 0. The van der Waals surface area contributed by atoms with Gasteiger partial charge in [-0.15, -0.1) is 0 Å². The average molecular weight is 368 g/mol. The van der Waals surface area contributed by atoms with E-state index in [1.165, 1.54) is 11.8 Å². The molecule has 130 valence electrons. The number of carbonyl (C=O) groups excluding carboxylic acids is 4. The maximum Gasteiger partial charge on any atom is 0.263 e. The minimum atomic E-state index is -0.981. The fourth-order valence-corrected chi connectivity index (χ4v) is 3.88. The van der Waals surface area contributed by atoms with E-state index in [1.807, 2.05) is 0 Å². The van der Waals surface area contributed by atoms with Gasteiger partial charge in [-0.3, -0.25) is 29.4 Å². The number of hydrogen-bond donors (Lipinski definition) is 1. The van der Waals surface area contributed by atoms with Crippen LogP contribution in [-0.2, 0) is 9.59 Å². The van der Waals surface area contributed by atoms with Crippen molar-refractivity contribution in [2.75, 3.05) is 0 Å². The third-order valence-corrected chi connectivity index (χ3v) is 5.13. The van der Waals surface area contributed by atoms with Crippen LogP contribution in [0.5, 0.6) is 0 Å². The summed E-state index contributed by atoms with van der Waals surface area (Å²) < 4.78 is 0. The molecule has 1 aromatic carbocycles. The number of fused-ring (bicyclic) bond motifs is 1. The van der Waals surface area contributed by atoms with Gasteiger partial charge >= 0.3 is 0 Å². The quantitative estimate of drug-likeness (QED) is 0.636. The van der Waals surface area contributed by atoms with Crippen LogP contribution in [0.3, 0.4) is 0 Å². The first kappa shape index (κ1) is 16.4. The first-order valence-electron chi connectivity index (χ1n) is 7.85. The van der Waals surface area contributed by atoms with E-state index >= 15 is 0 Å². The molecule has 1 saturated heterocycles. The van der Waals surface area contributed by atoms with E-state index in [4.69, 9.17) is 0 Å². The average Bonchev–Trinajstić information content (AvgIpc) is 2.88. The molecule has 4 amide bonds. The molecule has 2 aliphatic heterocycles. The normalized spacial score (nSPS) is 19.5. The monoisotopic (exact) mass is 368 g/mol. The highest BCUT2D eigenvalue weighted by Crippen LogP contribution is 2.36. The Kier molecular flexibility index (Phi) is 4.00. The number of nitrogens with zero attached hydrogens (tertiary/aromatic N) is 3. The van der Waals surface area contributed by atoms with Gasteiger partial charge in [-0.25, -0.2) is 9.97 Å². The number of piperidine rings is 1. The molecular formula is C17H12N4O4S. The zero-order valence-electron chi connectivity index (χ0n) is 13.3. The number of imide groups is 2. The fraction of sp³-hybridized carbons (Fsp3) is 0.176. The maximum atomic E-state index is 12.9. The minimum absolute atomic E-state index is 0.0866. The summed E-state index contributed by atoms with van der Waals surface area (Å²) in [5.41, 5.74) is 0.472. The fourth-order valence-electron chi connectivity index (χ4n) is 3.01. The number of rotatable bonds is 3. The minimum Gasteiger partial charge on any atom is -0.295 e. The van der Waals surface area contributed by atoms with Crippen molar-refractivity contribution in [1.82, 2.24) is 20.2 Å². The van der Waals surface area contributed by atoms with Crippen molar-refractivity contribution >= 4 is 35.4 Å². The van der Waals surface area contributed by atoms with E-state index in [-0.39, 0.29) is 24.0 Å². The van der Waals surface area contributed by atoms with Gasteiger partial charge in [0.1, 0.15) is 6.04 Å². The van der Waals surface area contributed by atoms with E-state index in [9.17, 15) is 19.2 Å². The van der Waals surface area contributed by atoms with Crippen molar-refractivity contribution in [1.29, 1.82) is 0 Å². The smallest absolute Gasteiger partial charge is 0.263 e. The Morgan fingerprint density at radius 1 is 1.04 bits per heavy atom. The van der Waals surface area contributed by atoms with Gasteiger partial charge < -0.3 is 0 Å². The van der Waals surface area contributed by atoms with Crippen molar-refractivity contribution in [2.45, 2.75) is 28.9 Å². The van der Waals surface area contributed by atoms with Gasteiger partial charge in [0.05, 0.1) is 11.1 Å². The molecule has 4 rings (SSSR count). The van der Waals surface area contributed by atoms with Crippen LogP contribution in [0, 0.1) is 0 Å². The molecule has 3 heterocycles. The van der Waals surface area contributed by atoms with Gasteiger partial charge in [0.15, 0.2) is 5.16 Å². The molecule has 0 aliphatic carbocycles. The number of aromatic nitrogens is 2. The molecule has 1 aromatic heterocycles. The van der Waals surface area contributed by atoms with Crippen LogP contribution in [0.4, 0.5) is 0 Å². The van der Waals surface area contributed by atoms with E-state index in [0.29, 0.717) is 10.1 Å². The third kappa shape index (κ3) is 2.66. The summed E-state index contributed by atoms with van der Waals surface area (Å²) >= 11 is 1.17. The number of carbonyl (C=O) groups is 4. The van der Waals surface area contributed by atoms with Gasteiger partial charge in [0, 0.05) is 23.7 Å². The predicted octanol–water partition coefficient (Wildman–Crippen LogP) is 1.03. The Bertz CT molecular complexity index is 947. The largest absolute Gasteiger partial charge is 0.295 e. The summed E-state index contributed by atoms with van der Waals surface area (Å²) in [4.78, 5) is 58.8. The topological polar surface area (TPSA) is 109 Å². The molecule has 1 fully saturated rings. The zero-order chi connectivity index (χ0) is 18.3. The van der Waals surface area contributed by atoms with Crippen LogP contribution in [0.25, 0.3) is 0 Å². The van der Waals surface area contributed by atoms with Gasteiger partial charge in [0.2, 0.25) is 11.8 Å². The van der Waals surface area contributed by atoms with Crippen molar-refractivity contribution in [3.63, 3.8) is 0 Å². The Balaban J connectivity index is 1.69. The van der Waals surface area contributed by atoms with Crippen LogP contribution in [-0.4, -0.2) is 44.5 Å². The van der Waals surface area contributed by atoms with Crippen molar-refractivity contribution in [3.8, 4) is 0 Å². The number of hydrogen-bond acceptors (Lipinski definition) is 7. The molecule has 2 aromatic rings. The molecule has 0 radical (unpaired) electrons. The molecule has 26 heavy (non-hydrogen) atoms. The summed E-state index contributed by atoms with van der Waals surface area (Å²) in [6, 6.07) is 5.63. The first-order valence-corrected chi connectivity index (χ1v) is 8.67.